The van der Waals surface area contributed by atoms with E-state index in [1.165, 1.54) is 6.92 Å². The van der Waals surface area contributed by atoms with E-state index in [4.69, 9.17) is 10.2 Å². The molecule has 0 aliphatic carbocycles. The Labute approximate surface area is 167 Å². The predicted octanol–water partition coefficient (Wildman–Crippen LogP) is -0.494. The van der Waals surface area contributed by atoms with Gasteiger partial charge in [0.25, 0.3) is 0 Å². The normalized spacial score (nSPS) is 8.56. The van der Waals surface area contributed by atoms with Crippen molar-refractivity contribution in [1.82, 2.24) is 0 Å². The van der Waals surface area contributed by atoms with Crippen LogP contribution in [0.15, 0.2) is 0 Å². The second kappa shape index (κ2) is 17.0. The van der Waals surface area contributed by atoms with Crippen molar-refractivity contribution in [2.45, 2.75) is 33.1 Å². The topological polar surface area (TPSA) is 171 Å². The molecule has 0 unspecified atom stereocenters. The Kier molecular flexibility index (Phi) is 19.0. The molecule has 11 nitrogen and oxygen atoms in total. The fourth-order valence-electron chi connectivity index (χ4n) is 0.925. The van der Waals surface area contributed by atoms with Crippen LogP contribution in [0.2, 0.25) is 0 Å². The van der Waals surface area contributed by atoms with Crippen molar-refractivity contribution in [3.05, 3.63) is 0 Å². The smallest absolute Gasteiger partial charge is 0.320 e. The van der Waals surface area contributed by atoms with Crippen molar-refractivity contribution in [3.8, 4) is 0 Å². The molecule has 0 aromatic carbocycles. The molecular weight excluding hydrogens is 421 g/mol. The van der Waals surface area contributed by atoms with Gasteiger partial charge in [0.1, 0.15) is 25.0 Å². The Morgan fingerprint density at radius 3 is 1.40 bits per heavy atom. The van der Waals surface area contributed by atoms with Gasteiger partial charge in [0, 0.05) is 32.7 Å². The molecule has 0 aromatic rings. The number of rotatable bonds is 9. The van der Waals surface area contributed by atoms with E-state index in [0.717, 1.165) is 0 Å². The van der Waals surface area contributed by atoms with Gasteiger partial charge in [0.2, 0.25) is 6.79 Å². The molecule has 0 saturated carbocycles. The maximum Gasteiger partial charge on any atom is 0.320 e. The Hall–Kier alpha value is -1.88. The third kappa shape index (κ3) is 24.5. The van der Waals surface area contributed by atoms with Crippen LogP contribution in [0, 0.1) is 0 Å². The summed E-state index contributed by atoms with van der Waals surface area (Å²) in [6.45, 7) is 2.38. The largest absolute Gasteiger partial charge is 0.481 e. The molecule has 0 rings (SSSR count). The van der Waals surface area contributed by atoms with Crippen LogP contribution in [0.5, 0.6) is 0 Å². The first-order valence-electron chi connectivity index (χ1n) is 6.48. The van der Waals surface area contributed by atoms with Crippen LogP contribution in [0.25, 0.3) is 0 Å². The van der Waals surface area contributed by atoms with Gasteiger partial charge in [-0.25, -0.2) is 0 Å². The maximum absolute atomic E-state index is 10.7. The van der Waals surface area contributed by atoms with Crippen LogP contribution in [-0.4, -0.2) is 59.2 Å². The van der Waals surface area contributed by atoms with E-state index >= 15 is 0 Å². The number of hydrogen-bond donors (Lipinski definition) is 2. The molecular formula is C13H18O11Y. The van der Waals surface area contributed by atoms with Gasteiger partial charge in [0.15, 0.2) is 0 Å². The van der Waals surface area contributed by atoms with Gasteiger partial charge >= 0.3 is 29.8 Å². The number of esters is 3. The number of hydrogen-bond acceptors (Lipinski definition) is 9. The van der Waals surface area contributed by atoms with E-state index in [1.807, 2.05) is 0 Å². The zero-order valence-electron chi connectivity index (χ0n) is 13.7. The molecule has 25 heavy (non-hydrogen) atoms. The molecule has 0 heterocycles. The van der Waals surface area contributed by atoms with Crippen LogP contribution in [0.1, 0.15) is 33.1 Å². The summed E-state index contributed by atoms with van der Waals surface area (Å²) < 4.78 is 12.9. The van der Waals surface area contributed by atoms with Gasteiger partial charge in [0.05, 0.1) is 6.61 Å². The van der Waals surface area contributed by atoms with Gasteiger partial charge in [-0.1, -0.05) is 0 Å². The first kappa shape index (κ1) is 27.9. The number of carbonyl (C=O) groups excluding carboxylic acids is 4. The number of carboxylic acid groups (broad SMARTS) is 2. The van der Waals surface area contributed by atoms with Crippen LogP contribution in [0.4, 0.5) is 0 Å². The van der Waals surface area contributed by atoms with Crippen molar-refractivity contribution >= 4 is 35.6 Å². The minimum Gasteiger partial charge on any atom is -0.481 e. The third-order valence-electron chi connectivity index (χ3n) is 1.73. The van der Waals surface area contributed by atoms with Gasteiger partial charge in [-0.2, -0.15) is 0 Å². The monoisotopic (exact) mass is 439 g/mol. The van der Waals surface area contributed by atoms with Gasteiger partial charge < -0.3 is 24.4 Å². The molecule has 0 aliphatic rings. The molecule has 0 bridgehead atoms. The van der Waals surface area contributed by atoms with E-state index in [1.54, 1.807) is 6.92 Å². The van der Waals surface area contributed by atoms with Gasteiger partial charge in [-0.15, -0.1) is 0 Å². The van der Waals surface area contributed by atoms with Crippen molar-refractivity contribution in [2.75, 3.05) is 13.4 Å². The predicted molar refractivity (Wildman–Crippen MR) is 73.5 cm³/mol. The fourth-order valence-corrected chi connectivity index (χ4v) is 0.925. The standard InChI is InChI=1S/C8H10O7.C5H8O4.Y/c1-5(9)2-7(12)14-4-15-8(13)3-6(10)11;1-2-9-5(8)3-4(6)7;/h2-4H2,1H3,(H,10,11);2-3H2,1H3,(H,6,7);. The summed E-state index contributed by atoms with van der Waals surface area (Å²) in [6.07, 6.45) is -1.76. The first-order chi connectivity index (χ1) is 11.1. The molecule has 0 spiro atoms. The van der Waals surface area contributed by atoms with E-state index in [0.29, 0.717) is 0 Å². The minimum atomic E-state index is -1.34. The second-order valence-electron chi connectivity index (χ2n) is 3.98. The molecule has 1 radical (unpaired) electrons. The summed E-state index contributed by atoms with van der Waals surface area (Å²) >= 11 is 0. The SMILES string of the molecule is CC(=O)CC(=O)OCOC(=O)CC(=O)O.CCOC(=O)CC(=O)O.[Y]. The Bertz CT molecular complexity index is 458. The number of Topliss-reactive ketones (excluding diaryl/α,β-unsaturated/α-hetero) is 1. The summed E-state index contributed by atoms with van der Waals surface area (Å²) in [5, 5.41) is 16.2. The van der Waals surface area contributed by atoms with Crippen molar-refractivity contribution in [1.29, 1.82) is 0 Å². The van der Waals surface area contributed by atoms with E-state index in [-0.39, 0.29) is 45.1 Å². The Balaban J connectivity index is -0.000000418. The number of carbonyl (C=O) groups is 6. The summed E-state index contributed by atoms with van der Waals surface area (Å²) in [5.41, 5.74) is 0. The molecule has 139 valence electrons. The Morgan fingerprint density at radius 1 is 0.720 bits per heavy atom. The molecule has 0 amide bonds. The number of ether oxygens (including phenoxy) is 3. The van der Waals surface area contributed by atoms with E-state index < -0.39 is 55.9 Å². The van der Waals surface area contributed by atoms with Crippen molar-refractivity contribution < 1.29 is 85.9 Å². The zero-order chi connectivity index (χ0) is 19.1. The Morgan fingerprint density at radius 2 is 1.08 bits per heavy atom. The maximum atomic E-state index is 10.7. The van der Waals surface area contributed by atoms with E-state index in [9.17, 15) is 28.8 Å². The van der Waals surface area contributed by atoms with Crippen LogP contribution >= 0.6 is 0 Å². The van der Waals surface area contributed by atoms with E-state index in [2.05, 4.69) is 14.2 Å². The average molecular weight is 439 g/mol. The van der Waals surface area contributed by atoms with Gasteiger partial charge in [-0.3, -0.25) is 28.8 Å². The van der Waals surface area contributed by atoms with Crippen molar-refractivity contribution in [3.63, 3.8) is 0 Å². The van der Waals surface area contributed by atoms with Crippen LogP contribution in [-0.2, 0) is 75.7 Å². The second-order valence-corrected chi connectivity index (χ2v) is 3.98. The van der Waals surface area contributed by atoms with Gasteiger partial charge in [-0.05, 0) is 13.8 Å². The van der Waals surface area contributed by atoms with Crippen molar-refractivity contribution in [2.24, 2.45) is 0 Å². The fraction of sp³-hybridized carbons (Fsp3) is 0.538. The number of aliphatic carboxylic acids is 2. The summed E-state index contributed by atoms with van der Waals surface area (Å²) in [6, 6.07) is 0. The van der Waals surface area contributed by atoms with Crippen LogP contribution < -0.4 is 0 Å². The molecule has 0 aliphatic heterocycles. The summed E-state index contributed by atoms with van der Waals surface area (Å²) in [5.74, 6) is -5.41. The van der Waals surface area contributed by atoms with Crippen LogP contribution in [0.3, 0.4) is 0 Å². The molecule has 0 aromatic heterocycles. The zero-order valence-corrected chi connectivity index (χ0v) is 16.5. The molecule has 0 atom stereocenters. The third-order valence-corrected chi connectivity index (χ3v) is 1.73. The molecule has 2 N–H and O–H groups in total. The summed E-state index contributed by atoms with van der Waals surface area (Å²) in [4.78, 5) is 61.7. The molecule has 0 saturated heterocycles. The minimum absolute atomic E-state index is 0. The number of ketones is 1. The molecule has 0 fully saturated rings. The quantitative estimate of drug-likeness (QED) is 0.270. The average Bonchev–Trinajstić information content (AvgIpc) is 2.36. The number of carboxylic acids is 2. The summed E-state index contributed by atoms with van der Waals surface area (Å²) in [7, 11) is 0. The molecule has 12 heteroatoms. The first-order valence-corrected chi connectivity index (χ1v) is 6.48.